The lowest BCUT2D eigenvalue weighted by Gasteiger charge is -2.31. The van der Waals surface area contributed by atoms with Crippen LogP contribution >= 0.6 is 12.2 Å². The van der Waals surface area contributed by atoms with Crippen LogP contribution in [0.2, 0.25) is 0 Å². The molecule has 19 heavy (non-hydrogen) atoms. The first-order valence-electron chi connectivity index (χ1n) is 6.85. The minimum atomic E-state index is -0.590. The summed E-state index contributed by atoms with van der Waals surface area (Å²) in [6.45, 7) is 0.753. The van der Waals surface area contributed by atoms with Gasteiger partial charge in [0, 0.05) is 12.2 Å². The SMILES string of the molecule is NC(=S)C1(C(=O)N2CCc3ccccc32)CCCC1. The summed E-state index contributed by atoms with van der Waals surface area (Å²) >= 11 is 5.21. The van der Waals surface area contributed by atoms with Crippen molar-refractivity contribution in [1.82, 2.24) is 0 Å². The molecule has 0 atom stereocenters. The van der Waals surface area contributed by atoms with E-state index in [1.54, 1.807) is 0 Å². The summed E-state index contributed by atoms with van der Waals surface area (Å²) in [5, 5.41) is 0. The Morgan fingerprint density at radius 2 is 1.95 bits per heavy atom. The van der Waals surface area contributed by atoms with Crippen LogP contribution < -0.4 is 10.6 Å². The highest BCUT2D eigenvalue weighted by molar-refractivity contribution is 7.80. The molecule has 0 saturated heterocycles. The number of amides is 1. The van der Waals surface area contributed by atoms with Gasteiger partial charge in [-0.05, 0) is 30.9 Å². The summed E-state index contributed by atoms with van der Waals surface area (Å²) < 4.78 is 0. The lowest BCUT2D eigenvalue weighted by Crippen LogP contribution is -2.48. The lowest BCUT2D eigenvalue weighted by molar-refractivity contribution is -0.124. The van der Waals surface area contributed by atoms with Crippen molar-refractivity contribution >= 4 is 28.8 Å². The summed E-state index contributed by atoms with van der Waals surface area (Å²) in [6.07, 6.45) is 4.62. The van der Waals surface area contributed by atoms with E-state index in [-0.39, 0.29) is 5.91 Å². The van der Waals surface area contributed by atoms with Gasteiger partial charge in [-0.3, -0.25) is 4.79 Å². The molecule has 1 fully saturated rings. The lowest BCUT2D eigenvalue weighted by atomic mass is 9.84. The van der Waals surface area contributed by atoms with Gasteiger partial charge in [-0.25, -0.2) is 0 Å². The molecule has 3 nitrogen and oxygen atoms in total. The van der Waals surface area contributed by atoms with Crippen LogP contribution in [0.3, 0.4) is 0 Å². The molecule has 2 aliphatic rings. The second-order valence-corrected chi connectivity index (χ2v) is 5.93. The zero-order valence-corrected chi connectivity index (χ0v) is 11.7. The van der Waals surface area contributed by atoms with Gasteiger partial charge in [0.2, 0.25) is 5.91 Å². The Kier molecular flexibility index (Phi) is 3.05. The molecule has 1 aliphatic heterocycles. The summed E-state index contributed by atoms with van der Waals surface area (Å²) in [5.74, 6) is 0.113. The van der Waals surface area contributed by atoms with Crippen molar-refractivity contribution in [3.05, 3.63) is 29.8 Å². The van der Waals surface area contributed by atoms with Gasteiger partial charge >= 0.3 is 0 Å². The number of carbonyl (C=O) groups excluding carboxylic acids is 1. The molecule has 0 aromatic heterocycles. The highest BCUT2D eigenvalue weighted by Gasteiger charge is 2.47. The largest absolute Gasteiger partial charge is 0.392 e. The van der Waals surface area contributed by atoms with Crippen LogP contribution in [0.4, 0.5) is 5.69 Å². The van der Waals surface area contributed by atoms with Crippen LogP contribution in [0.15, 0.2) is 24.3 Å². The van der Waals surface area contributed by atoms with Crippen molar-refractivity contribution in [2.45, 2.75) is 32.1 Å². The third-order valence-corrected chi connectivity index (χ3v) is 4.86. The van der Waals surface area contributed by atoms with Crippen molar-refractivity contribution in [2.24, 2.45) is 11.1 Å². The second-order valence-electron chi connectivity index (χ2n) is 5.49. The standard InChI is InChI=1S/C15H18N2OS/c16-13(19)15(8-3-4-9-15)14(18)17-10-7-11-5-1-2-6-12(11)17/h1-2,5-6H,3-4,7-10H2,(H2,16,19). The molecule has 2 N–H and O–H groups in total. The fraction of sp³-hybridized carbons (Fsp3) is 0.467. The molecular formula is C15H18N2OS. The van der Waals surface area contributed by atoms with E-state index in [1.165, 1.54) is 5.56 Å². The number of benzene rings is 1. The molecule has 100 valence electrons. The summed E-state index contributed by atoms with van der Waals surface area (Å²) in [7, 11) is 0. The van der Waals surface area contributed by atoms with E-state index in [1.807, 2.05) is 23.1 Å². The van der Waals surface area contributed by atoms with Gasteiger partial charge in [-0.1, -0.05) is 43.3 Å². The maximum atomic E-state index is 12.9. The van der Waals surface area contributed by atoms with E-state index < -0.39 is 5.41 Å². The predicted molar refractivity (Wildman–Crippen MR) is 80.2 cm³/mol. The van der Waals surface area contributed by atoms with E-state index in [9.17, 15) is 4.79 Å². The number of nitrogens with zero attached hydrogens (tertiary/aromatic N) is 1. The van der Waals surface area contributed by atoms with Crippen LogP contribution in [0.25, 0.3) is 0 Å². The molecular weight excluding hydrogens is 256 g/mol. The molecule has 1 amide bonds. The van der Waals surface area contributed by atoms with Crippen molar-refractivity contribution < 1.29 is 4.79 Å². The van der Waals surface area contributed by atoms with E-state index in [2.05, 4.69) is 6.07 Å². The Hall–Kier alpha value is -1.42. The number of carbonyl (C=O) groups is 1. The van der Waals surface area contributed by atoms with Gasteiger partial charge in [-0.2, -0.15) is 0 Å². The van der Waals surface area contributed by atoms with E-state index in [0.717, 1.165) is 44.3 Å². The zero-order valence-electron chi connectivity index (χ0n) is 10.9. The maximum Gasteiger partial charge on any atom is 0.240 e. The van der Waals surface area contributed by atoms with Crippen LogP contribution in [0.5, 0.6) is 0 Å². The smallest absolute Gasteiger partial charge is 0.240 e. The predicted octanol–water partition coefficient (Wildman–Crippen LogP) is 2.42. The molecule has 3 rings (SSSR count). The van der Waals surface area contributed by atoms with Crippen molar-refractivity contribution in [3.63, 3.8) is 0 Å². The molecule has 0 bridgehead atoms. The monoisotopic (exact) mass is 274 g/mol. The van der Waals surface area contributed by atoms with Gasteiger partial charge in [0.05, 0.1) is 10.4 Å². The number of para-hydroxylation sites is 1. The Bertz CT molecular complexity index is 535. The Labute approximate surface area is 118 Å². The normalized spacial score (nSPS) is 20.3. The van der Waals surface area contributed by atoms with Crippen molar-refractivity contribution in [1.29, 1.82) is 0 Å². The Morgan fingerprint density at radius 1 is 1.26 bits per heavy atom. The average molecular weight is 274 g/mol. The molecule has 1 aliphatic carbocycles. The summed E-state index contributed by atoms with van der Waals surface area (Å²) in [6, 6.07) is 8.10. The Morgan fingerprint density at radius 3 is 2.63 bits per heavy atom. The molecule has 1 saturated carbocycles. The maximum absolute atomic E-state index is 12.9. The second kappa shape index (κ2) is 4.60. The molecule has 1 heterocycles. The number of hydrogen-bond donors (Lipinski definition) is 1. The average Bonchev–Trinajstić information content (AvgIpc) is 3.06. The minimum Gasteiger partial charge on any atom is -0.392 e. The molecule has 1 aromatic carbocycles. The van der Waals surface area contributed by atoms with E-state index >= 15 is 0 Å². The third-order valence-electron chi connectivity index (χ3n) is 4.47. The highest BCUT2D eigenvalue weighted by atomic mass is 32.1. The first kappa shape index (κ1) is 12.6. The van der Waals surface area contributed by atoms with E-state index in [0.29, 0.717) is 4.99 Å². The number of fused-ring (bicyclic) bond motifs is 1. The van der Waals surface area contributed by atoms with Gasteiger partial charge in [-0.15, -0.1) is 0 Å². The molecule has 0 spiro atoms. The number of nitrogens with two attached hydrogens (primary N) is 1. The van der Waals surface area contributed by atoms with Gasteiger partial charge in [0.15, 0.2) is 0 Å². The van der Waals surface area contributed by atoms with Gasteiger partial charge in [0.25, 0.3) is 0 Å². The third kappa shape index (κ3) is 1.86. The number of hydrogen-bond acceptors (Lipinski definition) is 2. The first-order valence-corrected chi connectivity index (χ1v) is 7.26. The fourth-order valence-corrected chi connectivity index (χ4v) is 3.64. The van der Waals surface area contributed by atoms with Crippen LogP contribution in [0.1, 0.15) is 31.2 Å². The highest BCUT2D eigenvalue weighted by Crippen LogP contribution is 2.42. The first-order chi connectivity index (χ1) is 9.15. The van der Waals surface area contributed by atoms with Crippen LogP contribution in [-0.4, -0.2) is 17.4 Å². The minimum absolute atomic E-state index is 0.113. The van der Waals surface area contributed by atoms with Crippen LogP contribution in [0, 0.1) is 5.41 Å². The fourth-order valence-electron chi connectivity index (χ4n) is 3.35. The number of thiocarbonyl (C=S) groups is 1. The number of rotatable bonds is 2. The topological polar surface area (TPSA) is 46.3 Å². The molecule has 0 radical (unpaired) electrons. The number of anilines is 1. The molecule has 1 aromatic rings. The van der Waals surface area contributed by atoms with Gasteiger partial charge < -0.3 is 10.6 Å². The summed E-state index contributed by atoms with van der Waals surface area (Å²) in [5.41, 5.74) is 7.59. The zero-order chi connectivity index (χ0) is 13.5. The van der Waals surface area contributed by atoms with Crippen LogP contribution in [-0.2, 0) is 11.2 Å². The van der Waals surface area contributed by atoms with Gasteiger partial charge in [0.1, 0.15) is 0 Å². The summed E-state index contributed by atoms with van der Waals surface area (Å²) in [4.78, 5) is 15.2. The Balaban J connectivity index is 1.95. The molecule has 4 heteroatoms. The quantitative estimate of drug-likeness (QED) is 0.843. The van der Waals surface area contributed by atoms with E-state index in [4.69, 9.17) is 18.0 Å². The van der Waals surface area contributed by atoms with Crippen molar-refractivity contribution in [2.75, 3.05) is 11.4 Å². The van der Waals surface area contributed by atoms with Crippen molar-refractivity contribution in [3.8, 4) is 0 Å². The molecule has 0 unspecified atom stereocenters.